The van der Waals surface area contributed by atoms with E-state index in [0.29, 0.717) is 16.5 Å². The maximum atomic E-state index is 12.8. The van der Waals surface area contributed by atoms with Crippen LogP contribution in [0.5, 0.6) is 5.75 Å². The number of hydrogen-bond donors (Lipinski definition) is 1. The number of ether oxygens (including phenoxy) is 2. The van der Waals surface area contributed by atoms with Crippen LogP contribution in [0.15, 0.2) is 42.5 Å². The van der Waals surface area contributed by atoms with E-state index in [1.54, 1.807) is 12.1 Å². The van der Waals surface area contributed by atoms with Crippen molar-refractivity contribution in [3.05, 3.63) is 53.1 Å². The average molecular weight is 471 g/mol. The third kappa shape index (κ3) is 5.50. The van der Waals surface area contributed by atoms with Gasteiger partial charge in [-0.2, -0.15) is 13.2 Å². The van der Waals surface area contributed by atoms with E-state index >= 15 is 0 Å². The third-order valence-corrected chi connectivity index (χ3v) is 4.94. The van der Waals surface area contributed by atoms with Crippen LogP contribution in [0.2, 0.25) is 5.02 Å². The molecule has 0 radical (unpaired) electrons. The number of halogens is 4. The van der Waals surface area contributed by atoms with E-state index < -0.39 is 36.1 Å². The predicted octanol–water partition coefficient (Wildman–Crippen LogP) is 3.90. The lowest BCUT2D eigenvalue weighted by atomic mass is 10.1. The third-order valence-electron chi connectivity index (χ3n) is 4.71. The zero-order chi connectivity index (χ0) is 23.5. The Balaban J connectivity index is 1.57. The zero-order valence-electron chi connectivity index (χ0n) is 16.7. The standard InChI is InChI=1S/C21H18ClF3N2O5/c1-31-17-6-5-14(22)9-16(17)27-10-12(7-19(27)29)20(30)32-11-18(28)26-15-4-2-3-13(8-15)21(23,24)25/h2-6,8-9,12H,7,10-11H2,1H3,(H,26,28)/t12-/m1/s1. The van der Waals surface area contributed by atoms with E-state index in [1.165, 1.54) is 24.1 Å². The van der Waals surface area contributed by atoms with Crippen molar-refractivity contribution >= 4 is 40.8 Å². The van der Waals surface area contributed by atoms with Gasteiger partial charge in [0, 0.05) is 23.7 Å². The zero-order valence-corrected chi connectivity index (χ0v) is 17.5. The predicted molar refractivity (Wildman–Crippen MR) is 109 cm³/mol. The molecule has 2 aromatic rings. The van der Waals surface area contributed by atoms with Crippen molar-refractivity contribution in [2.24, 2.45) is 5.92 Å². The minimum absolute atomic E-state index is 0.00359. The van der Waals surface area contributed by atoms with Gasteiger partial charge in [-0.15, -0.1) is 0 Å². The Morgan fingerprint density at radius 1 is 1.22 bits per heavy atom. The molecular weight excluding hydrogens is 453 g/mol. The summed E-state index contributed by atoms with van der Waals surface area (Å²) in [7, 11) is 1.43. The molecule has 0 spiro atoms. The highest BCUT2D eigenvalue weighted by atomic mass is 35.5. The normalized spacial score (nSPS) is 16.1. The van der Waals surface area contributed by atoms with Gasteiger partial charge < -0.3 is 19.7 Å². The topological polar surface area (TPSA) is 84.9 Å². The summed E-state index contributed by atoms with van der Waals surface area (Å²) in [4.78, 5) is 38.1. The Labute approximate surface area is 186 Å². The number of rotatable bonds is 6. The highest BCUT2D eigenvalue weighted by Gasteiger charge is 2.37. The van der Waals surface area contributed by atoms with Gasteiger partial charge >= 0.3 is 12.1 Å². The van der Waals surface area contributed by atoms with Crippen LogP contribution < -0.4 is 15.0 Å². The highest BCUT2D eigenvalue weighted by molar-refractivity contribution is 6.31. The Hall–Kier alpha value is -3.27. The van der Waals surface area contributed by atoms with Crippen LogP contribution >= 0.6 is 11.6 Å². The molecule has 0 unspecified atom stereocenters. The molecule has 1 aliphatic rings. The number of esters is 1. The fourth-order valence-electron chi connectivity index (χ4n) is 3.20. The van der Waals surface area contributed by atoms with Crippen LogP contribution in [-0.2, 0) is 25.3 Å². The van der Waals surface area contributed by atoms with Gasteiger partial charge in [0.1, 0.15) is 5.75 Å². The Morgan fingerprint density at radius 2 is 1.97 bits per heavy atom. The monoisotopic (exact) mass is 470 g/mol. The summed E-state index contributed by atoms with van der Waals surface area (Å²) in [5.74, 6) is -2.36. The molecule has 1 saturated heterocycles. The molecule has 1 fully saturated rings. The first-order valence-corrected chi connectivity index (χ1v) is 9.74. The Bertz CT molecular complexity index is 1040. The number of nitrogens with zero attached hydrogens (tertiary/aromatic N) is 1. The molecule has 3 rings (SSSR count). The van der Waals surface area contributed by atoms with Crippen molar-refractivity contribution in [1.82, 2.24) is 0 Å². The highest BCUT2D eigenvalue weighted by Crippen LogP contribution is 2.35. The number of methoxy groups -OCH3 is 1. The Morgan fingerprint density at radius 3 is 2.66 bits per heavy atom. The average Bonchev–Trinajstić information content (AvgIpc) is 3.13. The number of hydrogen-bond acceptors (Lipinski definition) is 5. The van der Waals surface area contributed by atoms with Gasteiger partial charge in [-0.05, 0) is 36.4 Å². The van der Waals surface area contributed by atoms with Crippen LogP contribution in [0.4, 0.5) is 24.5 Å². The summed E-state index contributed by atoms with van der Waals surface area (Å²) in [6, 6.07) is 8.79. The molecule has 2 aromatic carbocycles. The van der Waals surface area contributed by atoms with Crippen LogP contribution in [0, 0.1) is 5.92 Å². The van der Waals surface area contributed by atoms with Crippen LogP contribution in [0.25, 0.3) is 0 Å². The number of carbonyl (C=O) groups is 3. The molecule has 7 nitrogen and oxygen atoms in total. The number of anilines is 2. The molecule has 11 heteroatoms. The molecule has 1 heterocycles. The van der Waals surface area contributed by atoms with Gasteiger partial charge in [0.25, 0.3) is 5.91 Å². The van der Waals surface area contributed by atoms with Crippen LogP contribution in [-0.4, -0.2) is 38.0 Å². The van der Waals surface area contributed by atoms with Gasteiger partial charge in [-0.3, -0.25) is 14.4 Å². The lowest BCUT2D eigenvalue weighted by Gasteiger charge is -2.19. The number of carbonyl (C=O) groups excluding carboxylic acids is 3. The van der Waals surface area contributed by atoms with Gasteiger partial charge in [-0.25, -0.2) is 0 Å². The fourth-order valence-corrected chi connectivity index (χ4v) is 3.36. The molecule has 0 saturated carbocycles. The van der Waals surface area contributed by atoms with Crippen molar-refractivity contribution in [1.29, 1.82) is 0 Å². The smallest absolute Gasteiger partial charge is 0.416 e. The minimum Gasteiger partial charge on any atom is -0.495 e. The number of benzene rings is 2. The van der Waals surface area contributed by atoms with Crippen molar-refractivity contribution in [3.8, 4) is 5.75 Å². The lowest BCUT2D eigenvalue weighted by molar-refractivity contribution is -0.151. The number of alkyl halides is 3. The molecule has 1 atom stereocenters. The number of amides is 2. The molecule has 0 bridgehead atoms. The van der Waals surface area contributed by atoms with Crippen molar-refractivity contribution < 1.29 is 37.0 Å². The summed E-state index contributed by atoms with van der Waals surface area (Å²) in [6.07, 6.45) is -4.69. The van der Waals surface area contributed by atoms with Gasteiger partial charge in [-0.1, -0.05) is 17.7 Å². The minimum atomic E-state index is -4.56. The van der Waals surface area contributed by atoms with E-state index in [-0.39, 0.29) is 24.6 Å². The van der Waals surface area contributed by atoms with Gasteiger partial charge in [0.15, 0.2) is 6.61 Å². The van der Waals surface area contributed by atoms with Gasteiger partial charge in [0.2, 0.25) is 5.91 Å². The van der Waals surface area contributed by atoms with Crippen LogP contribution in [0.1, 0.15) is 12.0 Å². The molecule has 0 aromatic heterocycles. The largest absolute Gasteiger partial charge is 0.495 e. The first kappa shape index (κ1) is 23.4. The van der Waals surface area contributed by atoms with E-state index in [4.69, 9.17) is 21.1 Å². The summed E-state index contributed by atoms with van der Waals surface area (Å²) in [5.41, 5.74) is -0.605. The van der Waals surface area contributed by atoms with E-state index in [1.807, 2.05) is 0 Å². The van der Waals surface area contributed by atoms with Crippen LogP contribution in [0.3, 0.4) is 0 Å². The number of nitrogens with one attached hydrogen (secondary N) is 1. The maximum Gasteiger partial charge on any atom is 0.416 e. The summed E-state index contributed by atoms with van der Waals surface area (Å²) < 4.78 is 48.5. The first-order valence-electron chi connectivity index (χ1n) is 9.36. The second-order valence-corrected chi connectivity index (χ2v) is 7.39. The van der Waals surface area contributed by atoms with Crippen molar-refractivity contribution in [3.63, 3.8) is 0 Å². The van der Waals surface area contributed by atoms with Crippen molar-refractivity contribution in [2.45, 2.75) is 12.6 Å². The quantitative estimate of drug-likeness (QED) is 0.647. The molecular formula is C21H18ClF3N2O5. The molecule has 1 aliphatic heterocycles. The van der Waals surface area contributed by atoms with Gasteiger partial charge in [0.05, 0.1) is 24.3 Å². The van der Waals surface area contributed by atoms with E-state index in [9.17, 15) is 27.6 Å². The first-order chi connectivity index (χ1) is 15.1. The maximum absolute atomic E-state index is 12.8. The molecule has 1 N–H and O–H groups in total. The van der Waals surface area contributed by atoms with Crippen molar-refractivity contribution in [2.75, 3.05) is 30.5 Å². The Kier molecular flexibility index (Phi) is 6.93. The molecule has 2 amide bonds. The second kappa shape index (κ2) is 9.47. The summed E-state index contributed by atoms with van der Waals surface area (Å²) in [6.45, 7) is -0.704. The SMILES string of the molecule is COc1ccc(Cl)cc1N1C[C@H](C(=O)OCC(=O)Nc2cccc(C(F)(F)F)c2)CC1=O. The van der Waals surface area contributed by atoms with E-state index in [2.05, 4.69) is 5.32 Å². The second-order valence-electron chi connectivity index (χ2n) is 6.96. The lowest BCUT2D eigenvalue weighted by Crippen LogP contribution is -2.28. The summed E-state index contributed by atoms with van der Waals surface area (Å²) >= 11 is 5.99. The summed E-state index contributed by atoms with van der Waals surface area (Å²) in [5, 5.41) is 2.62. The molecule has 32 heavy (non-hydrogen) atoms. The fraction of sp³-hybridized carbons (Fsp3) is 0.286. The van der Waals surface area contributed by atoms with E-state index in [0.717, 1.165) is 18.2 Å². The molecule has 170 valence electrons. The molecule has 0 aliphatic carbocycles.